The summed E-state index contributed by atoms with van der Waals surface area (Å²) in [6.07, 6.45) is 2.58. The second-order valence-electron chi connectivity index (χ2n) is 8.52. The first-order valence-corrected chi connectivity index (χ1v) is 11.1. The first kappa shape index (κ1) is 22.2. The van der Waals surface area contributed by atoms with Gasteiger partial charge in [-0.2, -0.15) is 0 Å². The first-order chi connectivity index (χ1) is 15.3. The van der Waals surface area contributed by atoms with Crippen LogP contribution in [0.15, 0.2) is 58.3 Å². The molecule has 0 radical (unpaired) electrons. The molecular formula is C26H26ClNO4. The summed E-state index contributed by atoms with van der Waals surface area (Å²) >= 11 is 6.27. The maximum Gasteiger partial charge on any atom is 0.291 e. The molecule has 0 N–H and O–H groups in total. The molecule has 0 bridgehead atoms. The van der Waals surface area contributed by atoms with E-state index in [1.165, 1.54) is 0 Å². The van der Waals surface area contributed by atoms with Crippen molar-refractivity contribution >= 4 is 28.5 Å². The molecule has 1 aliphatic heterocycles. The van der Waals surface area contributed by atoms with Gasteiger partial charge < -0.3 is 14.1 Å². The van der Waals surface area contributed by atoms with Gasteiger partial charge in [0.15, 0.2) is 5.43 Å². The maximum atomic E-state index is 13.5. The fourth-order valence-corrected chi connectivity index (χ4v) is 4.17. The summed E-state index contributed by atoms with van der Waals surface area (Å²) in [6.45, 7) is 10.8. The maximum absolute atomic E-state index is 13.5. The highest BCUT2D eigenvalue weighted by molar-refractivity contribution is 6.32. The molecule has 0 saturated carbocycles. The Hall–Kier alpha value is -3.05. The van der Waals surface area contributed by atoms with Crippen LogP contribution in [-0.4, -0.2) is 24.0 Å². The lowest BCUT2D eigenvalue weighted by Gasteiger charge is -2.24. The second-order valence-corrected chi connectivity index (χ2v) is 8.93. The van der Waals surface area contributed by atoms with E-state index < -0.39 is 6.04 Å². The van der Waals surface area contributed by atoms with Gasteiger partial charge in [0.2, 0.25) is 5.76 Å². The number of aryl methyl sites for hydroxylation is 1. The number of amides is 1. The molecule has 6 heteroatoms. The number of benzene rings is 2. The van der Waals surface area contributed by atoms with E-state index >= 15 is 0 Å². The number of fused-ring (bicyclic) bond motifs is 2. The number of carbonyl (C=O) groups is 1. The molecule has 2 aromatic carbocycles. The average molecular weight is 452 g/mol. The van der Waals surface area contributed by atoms with Gasteiger partial charge in [0.25, 0.3) is 5.91 Å². The molecule has 1 amide bonds. The van der Waals surface area contributed by atoms with E-state index in [2.05, 4.69) is 20.4 Å². The zero-order chi connectivity index (χ0) is 23.0. The Bertz CT molecular complexity index is 1260. The third-order valence-corrected chi connectivity index (χ3v) is 6.12. The lowest BCUT2D eigenvalue weighted by molar-refractivity contribution is 0.0748. The van der Waals surface area contributed by atoms with Gasteiger partial charge in [-0.3, -0.25) is 9.59 Å². The van der Waals surface area contributed by atoms with Crippen molar-refractivity contribution in [1.29, 1.82) is 0 Å². The van der Waals surface area contributed by atoms with Crippen LogP contribution in [-0.2, 0) is 0 Å². The van der Waals surface area contributed by atoms with Crippen LogP contribution in [0.5, 0.6) is 5.75 Å². The molecule has 0 spiro atoms. The highest BCUT2D eigenvalue weighted by Gasteiger charge is 2.42. The van der Waals surface area contributed by atoms with Gasteiger partial charge in [-0.05, 0) is 54.7 Å². The van der Waals surface area contributed by atoms with Gasteiger partial charge in [-0.1, -0.05) is 43.7 Å². The van der Waals surface area contributed by atoms with Crippen LogP contribution >= 0.6 is 11.6 Å². The number of hydrogen-bond donors (Lipinski definition) is 0. The van der Waals surface area contributed by atoms with Gasteiger partial charge in [0.05, 0.1) is 23.6 Å². The van der Waals surface area contributed by atoms with Crippen LogP contribution in [0.2, 0.25) is 5.02 Å². The zero-order valence-corrected chi connectivity index (χ0v) is 19.2. The molecule has 1 aliphatic rings. The highest BCUT2D eigenvalue weighted by Crippen LogP contribution is 2.39. The fraction of sp³-hybridized carbons (Fsp3) is 0.308. The van der Waals surface area contributed by atoms with E-state index in [0.717, 1.165) is 17.5 Å². The lowest BCUT2D eigenvalue weighted by Crippen LogP contribution is -2.29. The van der Waals surface area contributed by atoms with Gasteiger partial charge in [-0.15, -0.1) is 6.58 Å². The van der Waals surface area contributed by atoms with Crippen molar-refractivity contribution in [2.24, 2.45) is 5.92 Å². The molecule has 1 aromatic heterocycles. The second kappa shape index (κ2) is 8.83. The van der Waals surface area contributed by atoms with E-state index in [1.54, 1.807) is 23.1 Å². The van der Waals surface area contributed by atoms with Crippen LogP contribution in [0, 0.1) is 12.8 Å². The third-order valence-electron chi connectivity index (χ3n) is 5.71. The summed E-state index contributed by atoms with van der Waals surface area (Å²) in [5.74, 6) is 0.977. The van der Waals surface area contributed by atoms with E-state index in [9.17, 15) is 9.59 Å². The monoisotopic (exact) mass is 451 g/mol. The van der Waals surface area contributed by atoms with Crippen LogP contribution < -0.4 is 10.2 Å². The molecule has 1 atom stereocenters. The Morgan fingerprint density at radius 1 is 1.25 bits per heavy atom. The van der Waals surface area contributed by atoms with Crippen molar-refractivity contribution in [2.45, 2.75) is 33.2 Å². The number of nitrogens with zero attached hydrogens (tertiary/aromatic N) is 1. The van der Waals surface area contributed by atoms with Crippen molar-refractivity contribution in [2.75, 3.05) is 13.2 Å². The molecule has 0 saturated heterocycles. The smallest absolute Gasteiger partial charge is 0.291 e. The average Bonchev–Trinajstić information content (AvgIpc) is 3.02. The number of hydrogen-bond acceptors (Lipinski definition) is 4. The Labute approximate surface area is 192 Å². The molecule has 0 aliphatic carbocycles. The minimum absolute atomic E-state index is 0.0715. The summed E-state index contributed by atoms with van der Waals surface area (Å²) in [5.41, 5.74) is 1.99. The molecular weight excluding hydrogens is 426 g/mol. The van der Waals surface area contributed by atoms with Crippen LogP contribution in [0.4, 0.5) is 0 Å². The van der Waals surface area contributed by atoms with Crippen LogP contribution in [0.3, 0.4) is 0 Å². The predicted octanol–water partition coefficient (Wildman–Crippen LogP) is 5.91. The van der Waals surface area contributed by atoms with Crippen molar-refractivity contribution < 1.29 is 13.9 Å². The summed E-state index contributed by atoms with van der Waals surface area (Å²) in [5, 5.41) is 0.844. The lowest BCUT2D eigenvalue weighted by atomic mass is 9.98. The normalized spacial score (nSPS) is 15.5. The van der Waals surface area contributed by atoms with Gasteiger partial charge in [0.1, 0.15) is 11.3 Å². The quantitative estimate of drug-likeness (QED) is 0.419. The number of ether oxygens (including phenoxy) is 1. The fourth-order valence-electron chi connectivity index (χ4n) is 4.00. The van der Waals surface area contributed by atoms with Crippen molar-refractivity contribution in [3.8, 4) is 5.75 Å². The van der Waals surface area contributed by atoms with E-state index in [-0.39, 0.29) is 23.6 Å². The summed E-state index contributed by atoms with van der Waals surface area (Å²) in [4.78, 5) is 28.4. The molecule has 3 aromatic rings. The Kier molecular flexibility index (Phi) is 6.11. The van der Waals surface area contributed by atoms with E-state index in [1.807, 2.05) is 31.2 Å². The van der Waals surface area contributed by atoms with Gasteiger partial charge >= 0.3 is 0 Å². The molecule has 1 unspecified atom stereocenters. The van der Waals surface area contributed by atoms with Crippen molar-refractivity contribution in [3.63, 3.8) is 0 Å². The molecule has 4 rings (SSSR count). The van der Waals surface area contributed by atoms with Crippen molar-refractivity contribution in [3.05, 3.63) is 86.7 Å². The minimum atomic E-state index is -0.593. The molecule has 5 nitrogen and oxygen atoms in total. The number of carbonyl (C=O) groups excluding carboxylic acids is 1. The minimum Gasteiger partial charge on any atom is -0.494 e. The predicted molar refractivity (Wildman–Crippen MR) is 127 cm³/mol. The summed E-state index contributed by atoms with van der Waals surface area (Å²) in [6, 6.07) is 10.2. The summed E-state index contributed by atoms with van der Waals surface area (Å²) in [7, 11) is 0. The number of halogens is 1. The first-order valence-electron chi connectivity index (χ1n) is 10.7. The largest absolute Gasteiger partial charge is 0.494 e. The Morgan fingerprint density at radius 3 is 2.75 bits per heavy atom. The topological polar surface area (TPSA) is 59.8 Å². The molecule has 0 fully saturated rings. The van der Waals surface area contributed by atoms with Gasteiger partial charge in [0, 0.05) is 11.6 Å². The standard InChI is InChI=1S/C26H26ClNO4/c1-5-10-28-23(17-7-6-8-18(13-17)31-11-9-15(2)3)22-24(29)19-14-20(27)16(4)12-21(19)32-25(22)26(28)30/h5-8,12-15,23H,1,9-11H2,2-4H3. The van der Waals surface area contributed by atoms with Crippen molar-refractivity contribution in [1.82, 2.24) is 4.90 Å². The zero-order valence-electron chi connectivity index (χ0n) is 18.5. The number of rotatable bonds is 7. The van der Waals surface area contributed by atoms with Crippen LogP contribution in [0.25, 0.3) is 11.0 Å². The van der Waals surface area contributed by atoms with Crippen LogP contribution in [0.1, 0.15) is 53.6 Å². The molecule has 2 heterocycles. The molecule has 166 valence electrons. The van der Waals surface area contributed by atoms with Gasteiger partial charge in [-0.25, -0.2) is 0 Å². The van der Waals surface area contributed by atoms with E-state index in [4.69, 9.17) is 20.8 Å². The Morgan fingerprint density at radius 2 is 2.03 bits per heavy atom. The SMILES string of the molecule is C=CCN1C(=O)c2oc3cc(C)c(Cl)cc3c(=O)c2C1c1cccc(OCCC(C)C)c1. The Balaban J connectivity index is 1.85. The van der Waals surface area contributed by atoms with E-state index in [0.29, 0.717) is 39.8 Å². The summed E-state index contributed by atoms with van der Waals surface area (Å²) < 4.78 is 11.9. The third kappa shape index (κ3) is 3.93. The molecule has 32 heavy (non-hydrogen) atoms. The highest BCUT2D eigenvalue weighted by atomic mass is 35.5.